The third kappa shape index (κ3) is 6.67. The highest BCUT2D eigenvalue weighted by molar-refractivity contribution is 7.86. The molecule has 0 unspecified atom stereocenters. The van der Waals surface area contributed by atoms with Gasteiger partial charge in [0.15, 0.2) is 0 Å². The van der Waals surface area contributed by atoms with Gasteiger partial charge in [-0.1, -0.05) is 66.2 Å². The minimum Gasteiger partial charge on any atom is -0.382 e. The maximum atomic E-state index is 12.8. The van der Waals surface area contributed by atoms with Gasteiger partial charge in [0.1, 0.15) is 0 Å². The van der Waals surface area contributed by atoms with Gasteiger partial charge in [-0.05, 0) is 49.6 Å². The summed E-state index contributed by atoms with van der Waals surface area (Å²) in [6, 6.07) is 27.5. The number of anilines is 1. The Morgan fingerprint density at radius 3 is 2.30 bits per heavy atom. The maximum absolute atomic E-state index is 12.8. The molecule has 174 valence electrons. The molecule has 3 aromatic rings. The molecule has 0 saturated carbocycles. The number of aryl methyl sites for hydroxylation is 1. The Hall–Kier alpha value is -2.67. The number of benzene rings is 3. The van der Waals surface area contributed by atoms with E-state index in [1.165, 1.54) is 5.56 Å². The van der Waals surface area contributed by atoms with Crippen LogP contribution in [0.1, 0.15) is 17.5 Å². The fourth-order valence-electron chi connectivity index (χ4n) is 4.30. The van der Waals surface area contributed by atoms with Crippen molar-refractivity contribution in [3.63, 3.8) is 0 Å². The molecule has 3 aromatic carbocycles. The molecule has 1 aliphatic rings. The highest BCUT2D eigenvalue weighted by Gasteiger charge is 2.31. The van der Waals surface area contributed by atoms with Crippen molar-refractivity contribution in [2.24, 2.45) is 5.92 Å². The first kappa shape index (κ1) is 23.5. The summed E-state index contributed by atoms with van der Waals surface area (Å²) in [7, 11) is -3.79. The molecule has 0 bridgehead atoms. The van der Waals surface area contributed by atoms with Gasteiger partial charge in [0, 0.05) is 37.3 Å². The predicted octanol–water partition coefficient (Wildman–Crippen LogP) is 4.75. The lowest BCUT2D eigenvalue weighted by atomic mass is 9.92. The molecule has 0 spiro atoms. The lowest BCUT2D eigenvalue weighted by Crippen LogP contribution is -2.48. The molecule has 5 nitrogen and oxygen atoms in total. The summed E-state index contributed by atoms with van der Waals surface area (Å²) in [5.41, 5.74) is 3.38. The fourth-order valence-corrected chi connectivity index (χ4v) is 5.26. The van der Waals surface area contributed by atoms with E-state index >= 15 is 0 Å². The van der Waals surface area contributed by atoms with Crippen LogP contribution >= 0.6 is 0 Å². The molecule has 0 radical (unpaired) electrons. The molecule has 6 heteroatoms. The van der Waals surface area contributed by atoms with Crippen LogP contribution in [0.3, 0.4) is 0 Å². The van der Waals surface area contributed by atoms with Crippen molar-refractivity contribution in [3.05, 3.63) is 96.1 Å². The van der Waals surface area contributed by atoms with Crippen LogP contribution in [0.15, 0.2) is 89.8 Å². The summed E-state index contributed by atoms with van der Waals surface area (Å²) in [6.45, 7) is 4.80. The SMILES string of the molecule is Cc1ccc(S(=O)(=O)OC[C@@H]2CN(CCc3ccccc3)CC[C@H]2Nc2ccccc2)cc1. The third-order valence-electron chi connectivity index (χ3n) is 6.25. The number of rotatable bonds is 9. The number of likely N-dealkylation sites (tertiary alicyclic amines) is 1. The van der Waals surface area contributed by atoms with Crippen molar-refractivity contribution >= 4 is 15.8 Å². The zero-order chi connectivity index (χ0) is 23.1. The molecular weight excluding hydrogens is 432 g/mol. The summed E-state index contributed by atoms with van der Waals surface area (Å²) >= 11 is 0. The molecule has 1 N–H and O–H groups in total. The Morgan fingerprint density at radius 1 is 0.939 bits per heavy atom. The van der Waals surface area contributed by atoms with Crippen LogP contribution in [-0.2, 0) is 20.7 Å². The number of para-hydroxylation sites is 1. The Labute approximate surface area is 197 Å². The van der Waals surface area contributed by atoms with Gasteiger partial charge in [0.25, 0.3) is 10.1 Å². The van der Waals surface area contributed by atoms with Gasteiger partial charge in [-0.15, -0.1) is 0 Å². The molecule has 1 heterocycles. The van der Waals surface area contributed by atoms with Crippen LogP contribution in [0.2, 0.25) is 0 Å². The van der Waals surface area contributed by atoms with Gasteiger partial charge in [0.05, 0.1) is 11.5 Å². The van der Waals surface area contributed by atoms with Crippen molar-refractivity contribution < 1.29 is 12.6 Å². The van der Waals surface area contributed by atoms with Crippen LogP contribution < -0.4 is 5.32 Å². The average molecular weight is 465 g/mol. The van der Waals surface area contributed by atoms with Gasteiger partial charge in [-0.25, -0.2) is 0 Å². The van der Waals surface area contributed by atoms with Gasteiger partial charge in [-0.3, -0.25) is 4.18 Å². The van der Waals surface area contributed by atoms with Crippen LogP contribution in [0.25, 0.3) is 0 Å². The second-order valence-corrected chi connectivity index (χ2v) is 10.4. The predicted molar refractivity (Wildman–Crippen MR) is 133 cm³/mol. The number of nitrogens with zero attached hydrogens (tertiary/aromatic N) is 1. The molecule has 1 fully saturated rings. The summed E-state index contributed by atoms with van der Waals surface area (Å²) < 4.78 is 31.2. The second kappa shape index (κ2) is 11.0. The van der Waals surface area contributed by atoms with E-state index in [9.17, 15) is 8.42 Å². The smallest absolute Gasteiger partial charge is 0.296 e. The normalized spacial score (nSPS) is 19.3. The zero-order valence-corrected chi connectivity index (χ0v) is 19.9. The highest BCUT2D eigenvalue weighted by Crippen LogP contribution is 2.24. The van der Waals surface area contributed by atoms with Crippen molar-refractivity contribution in [3.8, 4) is 0 Å². The first-order chi connectivity index (χ1) is 16.0. The van der Waals surface area contributed by atoms with E-state index < -0.39 is 10.1 Å². The van der Waals surface area contributed by atoms with E-state index in [1.54, 1.807) is 24.3 Å². The Balaban J connectivity index is 1.43. The largest absolute Gasteiger partial charge is 0.382 e. The van der Waals surface area contributed by atoms with E-state index in [2.05, 4.69) is 34.5 Å². The van der Waals surface area contributed by atoms with E-state index in [1.807, 2.05) is 43.3 Å². The number of piperidine rings is 1. The van der Waals surface area contributed by atoms with Crippen LogP contribution in [0, 0.1) is 12.8 Å². The molecule has 0 amide bonds. The minimum absolute atomic E-state index is 0.0509. The first-order valence-corrected chi connectivity index (χ1v) is 12.9. The molecular formula is C27H32N2O3S. The van der Waals surface area contributed by atoms with Crippen LogP contribution in [-0.4, -0.2) is 45.6 Å². The Morgan fingerprint density at radius 2 is 1.61 bits per heavy atom. The third-order valence-corrected chi connectivity index (χ3v) is 7.55. The summed E-state index contributed by atoms with van der Waals surface area (Å²) in [5.74, 6) is 0.0509. The lowest BCUT2D eigenvalue weighted by Gasteiger charge is -2.39. The highest BCUT2D eigenvalue weighted by atomic mass is 32.2. The zero-order valence-electron chi connectivity index (χ0n) is 19.1. The maximum Gasteiger partial charge on any atom is 0.296 e. The second-order valence-electron chi connectivity index (χ2n) is 8.75. The molecule has 0 aliphatic carbocycles. The van der Waals surface area contributed by atoms with Gasteiger partial charge in [-0.2, -0.15) is 8.42 Å². The van der Waals surface area contributed by atoms with Gasteiger partial charge >= 0.3 is 0 Å². The standard InChI is InChI=1S/C27H32N2O3S/c1-22-12-14-26(15-13-22)33(30,31)32-21-24-20-29(18-16-23-8-4-2-5-9-23)19-17-27(24)28-25-10-6-3-7-11-25/h2-15,24,27-28H,16-21H2,1H3/t24-,27+/m0/s1. The molecule has 0 aromatic heterocycles. The van der Waals surface area contributed by atoms with E-state index in [0.717, 1.165) is 43.7 Å². The van der Waals surface area contributed by atoms with E-state index in [-0.39, 0.29) is 23.5 Å². The van der Waals surface area contributed by atoms with Crippen molar-refractivity contribution in [2.45, 2.75) is 30.7 Å². The van der Waals surface area contributed by atoms with Crippen LogP contribution in [0.5, 0.6) is 0 Å². The van der Waals surface area contributed by atoms with Crippen molar-refractivity contribution in [1.29, 1.82) is 0 Å². The van der Waals surface area contributed by atoms with E-state index in [0.29, 0.717) is 0 Å². The Kier molecular flexibility index (Phi) is 7.81. The number of hydrogen-bond donors (Lipinski definition) is 1. The number of nitrogens with one attached hydrogen (secondary N) is 1. The molecule has 1 aliphatic heterocycles. The first-order valence-electron chi connectivity index (χ1n) is 11.5. The topological polar surface area (TPSA) is 58.6 Å². The quantitative estimate of drug-likeness (QED) is 0.463. The van der Waals surface area contributed by atoms with Gasteiger partial charge < -0.3 is 10.2 Å². The number of hydrogen-bond acceptors (Lipinski definition) is 5. The van der Waals surface area contributed by atoms with Crippen molar-refractivity contribution in [1.82, 2.24) is 4.90 Å². The van der Waals surface area contributed by atoms with Crippen LogP contribution in [0.4, 0.5) is 5.69 Å². The molecule has 1 saturated heterocycles. The average Bonchev–Trinajstić information content (AvgIpc) is 2.84. The van der Waals surface area contributed by atoms with Crippen molar-refractivity contribution in [2.75, 3.05) is 31.6 Å². The molecule has 2 atom stereocenters. The summed E-state index contributed by atoms with van der Waals surface area (Å²) in [6.07, 6.45) is 1.91. The molecule has 4 rings (SSSR count). The monoisotopic (exact) mass is 464 g/mol. The molecule has 33 heavy (non-hydrogen) atoms. The van der Waals surface area contributed by atoms with E-state index in [4.69, 9.17) is 4.18 Å². The van der Waals surface area contributed by atoms with Gasteiger partial charge in [0.2, 0.25) is 0 Å². The summed E-state index contributed by atoms with van der Waals surface area (Å²) in [5, 5.41) is 3.61. The summed E-state index contributed by atoms with van der Waals surface area (Å²) in [4.78, 5) is 2.63. The minimum atomic E-state index is -3.79. The fraction of sp³-hybridized carbons (Fsp3) is 0.333. The Bertz CT molecular complexity index is 1100. The lowest BCUT2D eigenvalue weighted by molar-refractivity contribution is 0.123.